The van der Waals surface area contributed by atoms with Crippen molar-refractivity contribution in [1.82, 2.24) is 5.32 Å². The molecule has 0 bridgehead atoms. The van der Waals surface area contributed by atoms with Crippen LogP contribution in [0, 0.1) is 0 Å². The van der Waals surface area contributed by atoms with Crippen LogP contribution in [-0.2, 0) is 14.3 Å². The Kier molecular flexibility index (Phi) is 7.34. The highest BCUT2D eigenvalue weighted by molar-refractivity contribution is 5.76. The van der Waals surface area contributed by atoms with Gasteiger partial charge in [-0.05, 0) is 25.7 Å². The Hall–Kier alpha value is -0.650. The molecule has 1 unspecified atom stereocenters. The average molecular weight is 272 g/mol. The minimum Gasteiger partial charge on any atom is -0.378 e. The highest BCUT2D eigenvalue weighted by Gasteiger charge is 2.26. The molecule has 0 aromatic rings. The van der Waals surface area contributed by atoms with Crippen LogP contribution in [0.2, 0.25) is 0 Å². The molecule has 3 N–H and O–H groups in total. The smallest absolute Gasteiger partial charge is 0.222 e. The van der Waals surface area contributed by atoms with Crippen LogP contribution in [0.3, 0.4) is 0 Å². The van der Waals surface area contributed by atoms with Gasteiger partial charge in [0.2, 0.25) is 5.91 Å². The predicted molar refractivity (Wildman–Crippen MR) is 74.9 cm³/mol. The van der Waals surface area contributed by atoms with Gasteiger partial charge in [0.25, 0.3) is 0 Å². The maximum atomic E-state index is 11.9. The van der Waals surface area contributed by atoms with Gasteiger partial charge in [-0.1, -0.05) is 13.8 Å². The number of ether oxygens (including phenoxy) is 2. The first-order valence-electron chi connectivity index (χ1n) is 7.36. The van der Waals surface area contributed by atoms with E-state index < -0.39 is 0 Å². The molecule has 0 aliphatic carbocycles. The van der Waals surface area contributed by atoms with Crippen LogP contribution in [0.25, 0.3) is 0 Å². The molecule has 5 heteroatoms. The molecular formula is C14H28N2O3. The zero-order valence-electron chi connectivity index (χ0n) is 12.2. The summed E-state index contributed by atoms with van der Waals surface area (Å²) in [4.78, 5) is 11.9. The van der Waals surface area contributed by atoms with E-state index in [4.69, 9.17) is 15.2 Å². The van der Waals surface area contributed by atoms with Gasteiger partial charge in [-0.15, -0.1) is 0 Å². The first-order chi connectivity index (χ1) is 9.15. The molecule has 19 heavy (non-hydrogen) atoms. The highest BCUT2D eigenvalue weighted by Crippen LogP contribution is 2.14. The SMILES string of the molecule is CCC(CC)(CN)NC(=O)CCOCC1CCCO1. The second kappa shape index (κ2) is 8.51. The van der Waals surface area contributed by atoms with Crippen LogP contribution in [0.1, 0.15) is 46.0 Å². The summed E-state index contributed by atoms with van der Waals surface area (Å²) in [6.45, 7) is 6.44. The van der Waals surface area contributed by atoms with Crippen LogP contribution < -0.4 is 11.1 Å². The summed E-state index contributed by atoms with van der Waals surface area (Å²) in [6.07, 6.45) is 4.48. The number of nitrogens with two attached hydrogens (primary N) is 1. The maximum absolute atomic E-state index is 11.9. The van der Waals surface area contributed by atoms with Gasteiger partial charge in [-0.25, -0.2) is 0 Å². The minimum absolute atomic E-state index is 0.0153. The zero-order chi connectivity index (χ0) is 14.1. The molecule has 1 saturated heterocycles. The van der Waals surface area contributed by atoms with Gasteiger partial charge in [0, 0.05) is 19.6 Å². The summed E-state index contributed by atoms with van der Waals surface area (Å²) < 4.78 is 10.9. The molecule has 1 aliphatic heterocycles. The van der Waals surface area contributed by atoms with E-state index in [0.717, 1.165) is 32.3 Å². The lowest BCUT2D eigenvalue weighted by Crippen LogP contribution is -2.53. The Balaban J connectivity index is 2.16. The molecule has 1 amide bonds. The van der Waals surface area contributed by atoms with E-state index in [9.17, 15) is 4.79 Å². The monoisotopic (exact) mass is 272 g/mol. The van der Waals surface area contributed by atoms with E-state index in [-0.39, 0.29) is 17.6 Å². The van der Waals surface area contributed by atoms with Gasteiger partial charge in [0.1, 0.15) is 0 Å². The van der Waals surface area contributed by atoms with Crippen molar-refractivity contribution in [2.24, 2.45) is 5.73 Å². The number of amides is 1. The van der Waals surface area contributed by atoms with Crippen molar-refractivity contribution < 1.29 is 14.3 Å². The minimum atomic E-state index is -0.258. The summed E-state index contributed by atoms with van der Waals surface area (Å²) >= 11 is 0. The van der Waals surface area contributed by atoms with E-state index in [2.05, 4.69) is 5.32 Å². The Morgan fingerprint density at radius 2 is 2.21 bits per heavy atom. The van der Waals surface area contributed by atoms with Crippen molar-refractivity contribution in [2.75, 3.05) is 26.4 Å². The number of carbonyl (C=O) groups is 1. The van der Waals surface area contributed by atoms with Gasteiger partial charge in [0.05, 0.1) is 24.9 Å². The fraction of sp³-hybridized carbons (Fsp3) is 0.929. The number of nitrogens with one attached hydrogen (secondary N) is 1. The van der Waals surface area contributed by atoms with Crippen LogP contribution >= 0.6 is 0 Å². The number of rotatable bonds is 9. The first kappa shape index (κ1) is 16.4. The summed E-state index contributed by atoms with van der Waals surface area (Å²) in [7, 11) is 0. The van der Waals surface area contributed by atoms with E-state index in [1.165, 1.54) is 0 Å². The molecular weight excluding hydrogens is 244 g/mol. The molecule has 0 saturated carbocycles. The molecule has 0 aromatic heterocycles. The molecule has 1 heterocycles. The topological polar surface area (TPSA) is 73.6 Å². The third-order valence-electron chi connectivity index (χ3n) is 3.95. The van der Waals surface area contributed by atoms with Crippen molar-refractivity contribution in [3.8, 4) is 0 Å². The van der Waals surface area contributed by atoms with E-state index in [1.807, 2.05) is 13.8 Å². The van der Waals surface area contributed by atoms with Gasteiger partial charge >= 0.3 is 0 Å². The fourth-order valence-corrected chi connectivity index (χ4v) is 2.28. The number of hydrogen-bond donors (Lipinski definition) is 2. The quantitative estimate of drug-likeness (QED) is 0.619. The molecule has 1 atom stereocenters. The Morgan fingerprint density at radius 3 is 2.74 bits per heavy atom. The molecule has 0 aromatic carbocycles. The summed E-state index contributed by atoms with van der Waals surface area (Å²) in [6, 6.07) is 0. The summed E-state index contributed by atoms with van der Waals surface area (Å²) in [5, 5.41) is 3.03. The van der Waals surface area contributed by atoms with Crippen molar-refractivity contribution in [2.45, 2.75) is 57.6 Å². The highest BCUT2D eigenvalue weighted by atomic mass is 16.5. The molecule has 1 rings (SSSR count). The van der Waals surface area contributed by atoms with Crippen LogP contribution in [-0.4, -0.2) is 43.9 Å². The summed E-state index contributed by atoms with van der Waals surface area (Å²) in [5.74, 6) is 0.0153. The molecule has 1 aliphatic rings. The lowest BCUT2D eigenvalue weighted by molar-refractivity contribution is -0.124. The molecule has 5 nitrogen and oxygen atoms in total. The van der Waals surface area contributed by atoms with Crippen molar-refractivity contribution in [3.05, 3.63) is 0 Å². The number of hydrogen-bond acceptors (Lipinski definition) is 4. The first-order valence-corrected chi connectivity index (χ1v) is 7.36. The van der Waals surface area contributed by atoms with E-state index in [1.54, 1.807) is 0 Å². The fourth-order valence-electron chi connectivity index (χ4n) is 2.28. The lowest BCUT2D eigenvalue weighted by atomic mass is 9.93. The lowest BCUT2D eigenvalue weighted by Gasteiger charge is -2.31. The van der Waals surface area contributed by atoms with Crippen molar-refractivity contribution in [1.29, 1.82) is 0 Å². The van der Waals surface area contributed by atoms with E-state index in [0.29, 0.717) is 26.2 Å². The van der Waals surface area contributed by atoms with Crippen molar-refractivity contribution in [3.63, 3.8) is 0 Å². The third-order valence-corrected chi connectivity index (χ3v) is 3.95. The van der Waals surface area contributed by atoms with Crippen molar-refractivity contribution >= 4 is 5.91 Å². The zero-order valence-corrected chi connectivity index (χ0v) is 12.2. The third kappa shape index (κ3) is 5.47. The standard InChI is InChI=1S/C14H28N2O3/c1-3-14(4-2,11-15)16-13(17)7-9-18-10-12-6-5-8-19-12/h12H,3-11,15H2,1-2H3,(H,16,17). The van der Waals surface area contributed by atoms with Crippen LogP contribution in [0.4, 0.5) is 0 Å². The maximum Gasteiger partial charge on any atom is 0.222 e. The second-order valence-corrected chi connectivity index (χ2v) is 5.20. The predicted octanol–water partition coefficient (Wildman–Crippen LogP) is 1.21. The molecule has 112 valence electrons. The van der Waals surface area contributed by atoms with Crippen LogP contribution in [0.15, 0.2) is 0 Å². The molecule has 1 fully saturated rings. The van der Waals surface area contributed by atoms with Gasteiger partial charge in [0.15, 0.2) is 0 Å². The van der Waals surface area contributed by atoms with Gasteiger partial charge in [-0.2, -0.15) is 0 Å². The van der Waals surface area contributed by atoms with Gasteiger partial charge in [-0.3, -0.25) is 4.79 Å². The second-order valence-electron chi connectivity index (χ2n) is 5.20. The Labute approximate surface area is 116 Å². The Morgan fingerprint density at radius 1 is 1.47 bits per heavy atom. The molecule has 0 spiro atoms. The van der Waals surface area contributed by atoms with Crippen LogP contribution in [0.5, 0.6) is 0 Å². The summed E-state index contributed by atoms with van der Waals surface area (Å²) in [5.41, 5.74) is 5.49. The largest absolute Gasteiger partial charge is 0.378 e. The Bertz CT molecular complexity index is 253. The molecule has 0 radical (unpaired) electrons. The normalized spacial score (nSPS) is 19.6. The van der Waals surface area contributed by atoms with Gasteiger partial charge < -0.3 is 20.5 Å². The average Bonchev–Trinajstić information content (AvgIpc) is 2.94. The number of carbonyl (C=O) groups excluding carboxylic acids is 1. The van der Waals surface area contributed by atoms with E-state index >= 15 is 0 Å².